The lowest BCUT2D eigenvalue weighted by Crippen LogP contribution is -2.61. The van der Waals surface area contributed by atoms with Gasteiger partial charge in [0, 0.05) is 54.2 Å². The molecule has 4 unspecified atom stereocenters. The summed E-state index contributed by atoms with van der Waals surface area (Å²) in [7, 11) is 3.58. The van der Waals surface area contributed by atoms with E-state index in [4.69, 9.17) is 9.47 Å². The monoisotopic (exact) mass is 584 g/mol. The number of benzene rings is 4. The Kier molecular flexibility index (Phi) is 5.11. The number of hydrogen-bond donors (Lipinski definition) is 1. The molecule has 0 radical (unpaired) electrons. The summed E-state index contributed by atoms with van der Waals surface area (Å²) >= 11 is 0. The molecule has 0 spiro atoms. The van der Waals surface area contributed by atoms with Gasteiger partial charge in [-0.3, -0.25) is 9.59 Å². The number of likely N-dealkylation sites (N-methyl/N-ethyl adjacent to an activating group) is 1. The molecule has 220 valence electrons. The molecule has 1 fully saturated rings. The smallest absolute Gasteiger partial charge is 0.253 e. The molecule has 1 N–H and O–H groups in total. The number of ether oxygens (including phenoxy) is 2. The number of amides is 2. The van der Waals surface area contributed by atoms with Gasteiger partial charge in [0.05, 0.1) is 33.7 Å². The van der Waals surface area contributed by atoms with Crippen LogP contribution in [0.1, 0.15) is 51.4 Å². The van der Waals surface area contributed by atoms with Crippen molar-refractivity contribution < 1.29 is 19.1 Å². The van der Waals surface area contributed by atoms with Crippen LogP contribution < -0.4 is 5.32 Å². The van der Waals surface area contributed by atoms with Crippen LogP contribution in [0.5, 0.6) is 0 Å². The van der Waals surface area contributed by atoms with Gasteiger partial charge in [0.25, 0.3) is 11.8 Å². The molecule has 8 heteroatoms. The largest absolute Gasteiger partial charge is 0.374 e. The third-order valence-corrected chi connectivity index (χ3v) is 10.3. The Morgan fingerprint density at radius 3 is 2.39 bits per heavy atom. The molecule has 44 heavy (non-hydrogen) atoms. The van der Waals surface area contributed by atoms with Crippen molar-refractivity contribution in [2.45, 2.75) is 50.9 Å². The number of rotatable bonds is 3. The molecule has 3 aliphatic rings. The molecular formula is C36H32N4O4. The van der Waals surface area contributed by atoms with E-state index >= 15 is 0 Å². The first-order valence-corrected chi connectivity index (χ1v) is 15.2. The summed E-state index contributed by atoms with van der Waals surface area (Å²) in [5.74, 6) is -0.102. The Bertz CT molecular complexity index is 2230. The maximum absolute atomic E-state index is 14.0. The van der Waals surface area contributed by atoms with Crippen LogP contribution in [-0.4, -0.2) is 52.2 Å². The molecule has 3 aliphatic heterocycles. The molecule has 8 nitrogen and oxygen atoms in total. The van der Waals surface area contributed by atoms with E-state index in [1.807, 2.05) is 67.4 Å². The van der Waals surface area contributed by atoms with Gasteiger partial charge in [-0.15, -0.1) is 0 Å². The molecule has 2 amide bonds. The summed E-state index contributed by atoms with van der Waals surface area (Å²) in [6.07, 6.45) is -0.392. The second-order valence-corrected chi connectivity index (χ2v) is 12.6. The number of carbonyl (C=O) groups excluding carboxylic acids is 2. The first kappa shape index (κ1) is 25.8. The maximum Gasteiger partial charge on any atom is 0.253 e. The fraction of sp³-hybridized carbons (Fsp3) is 0.278. The van der Waals surface area contributed by atoms with Gasteiger partial charge in [-0.1, -0.05) is 54.1 Å². The van der Waals surface area contributed by atoms with Gasteiger partial charge in [0.2, 0.25) is 0 Å². The van der Waals surface area contributed by atoms with E-state index in [9.17, 15) is 9.59 Å². The summed E-state index contributed by atoms with van der Waals surface area (Å²) in [5.41, 5.74) is 6.57. The van der Waals surface area contributed by atoms with E-state index < -0.39 is 18.1 Å². The molecule has 4 atom stereocenters. The number of nitrogens with one attached hydrogen (secondary N) is 1. The van der Waals surface area contributed by atoms with Crippen molar-refractivity contribution in [1.82, 2.24) is 19.4 Å². The van der Waals surface area contributed by atoms with E-state index in [0.29, 0.717) is 18.5 Å². The van der Waals surface area contributed by atoms with Gasteiger partial charge < -0.3 is 28.8 Å². The van der Waals surface area contributed by atoms with Crippen molar-refractivity contribution in [1.29, 1.82) is 0 Å². The van der Waals surface area contributed by atoms with E-state index in [0.717, 1.165) is 60.3 Å². The van der Waals surface area contributed by atoms with Crippen LogP contribution in [0.2, 0.25) is 0 Å². The highest BCUT2D eigenvalue weighted by Gasteiger charge is 2.55. The van der Waals surface area contributed by atoms with Crippen LogP contribution in [0.25, 0.3) is 43.6 Å². The number of aromatic nitrogens is 2. The van der Waals surface area contributed by atoms with Crippen molar-refractivity contribution in [3.05, 3.63) is 95.1 Å². The summed E-state index contributed by atoms with van der Waals surface area (Å²) in [6.45, 7) is 4.58. The molecule has 4 aromatic carbocycles. The van der Waals surface area contributed by atoms with Crippen molar-refractivity contribution in [3.8, 4) is 0 Å². The topological polar surface area (TPSA) is 77.7 Å². The number of methoxy groups -OCH3 is 1. The number of aryl methyl sites for hydroxylation is 1. The zero-order valence-electron chi connectivity index (χ0n) is 25.0. The van der Waals surface area contributed by atoms with E-state index in [2.05, 4.69) is 45.6 Å². The summed E-state index contributed by atoms with van der Waals surface area (Å²) < 4.78 is 18.2. The first-order valence-electron chi connectivity index (χ1n) is 15.2. The van der Waals surface area contributed by atoms with Gasteiger partial charge in [0.15, 0.2) is 5.72 Å². The summed E-state index contributed by atoms with van der Waals surface area (Å²) in [6, 6.07) is 24.0. The SMILES string of the molecule is COC1C(N(C)C(=O)c2ccc(C)cc2)CC2OC1(C)n1c3ccccc3c3c4c(c5c6ccccc6n2c5c31)C(=O)NC4. The van der Waals surface area contributed by atoms with Gasteiger partial charge in [-0.05, 0) is 43.7 Å². The lowest BCUT2D eigenvalue weighted by atomic mass is 9.91. The van der Waals surface area contributed by atoms with Crippen molar-refractivity contribution in [3.63, 3.8) is 0 Å². The second-order valence-electron chi connectivity index (χ2n) is 12.6. The van der Waals surface area contributed by atoms with Gasteiger partial charge in [-0.25, -0.2) is 0 Å². The van der Waals surface area contributed by atoms with Crippen molar-refractivity contribution in [2.24, 2.45) is 0 Å². The lowest BCUT2D eigenvalue weighted by molar-refractivity contribution is -0.264. The minimum Gasteiger partial charge on any atom is -0.374 e. The van der Waals surface area contributed by atoms with Crippen LogP contribution in [0, 0.1) is 6.92 Å². The average Bonchev–Trinajstić information content (AvgIpc) is 3.68. The van der Waals surface area contributed by atoms with Crippen molar-refractivity contribution in [2.75, 3.05) is 14.2 Å². The molecule has 0 saturated carbocycles. The fourth-order valence-corrected chi connectivity index (χ4v) is 8.44. The Morgan fingerprint density at radius 1 is 0.977 bits per heavy atom. The zero-order valence-corrected chi connectivity index (χ0v) is 25.0. The zero-order chi connectivity index (χ0) is 30.1. The highest BCUT2D eigenvalue weighted by atomic mass is 16.6. The van der Waals surface area contributed by atoms with Crippen LogP contribution in [0.15, 0.2) is 72.8 Å². The second kappa shape index (κ2) is 8.71. The highest BCUT2D eigenvalue weighted by molar-refractivity contribution is 6.31. The van der Waals surface area contributed by atoms with Crippen LogP contribution in [-0.2, 0) is 21.7 Å². The predicted molar refractivity (Wildman–Crippen MR) is 170 cm³/mol. The van der Waals surface area contributed by atoms with Crippen LogP contribution in [0.4, 0.5) is 0 Å². The lowest BCUT2D eigenvalue weighted by Gasteiger charge is -2.50. The number of fused-ring (bicyclic) bond motifs is 13. The Hall–Kier alpha value is -4.66. The predicted octanol–water partition coefficient (Wildman–Crippen LogP) is 6.22. The van der Waals surface area contributed by atoms with Gasteiger partial charge in [-0.2, -0.15) is 0 Å². The Balaban J connectivity index is 1.40. The Morgan fingerprint density at radius 2 is 1.66 bits per heavy atom. The maximum atomic E-state index is 14.0. The van der Waals surface area contributed by atoms with Crippen LogP contribution >= 0.6 is 0 Å². The molecule has 2 aromatic heterocycles. The standard InChI is InChI=1S/C36H32N4O4/c1-19-13-15-20(16-14-19)35(42)38(3)26-17-27-39-24-11-7-5-9-21(24)29-30-23(18-37-34(30)41)28-22-10-6-8-12-25(22)40(32(28)31(29)39)36(2,44-27)33(26)43-4/h5-16,26-27,33H,17-18H2,1-4H3,(H,37,41). The fourth-order valence-electron chi connectivity index (χ4n) is 8.44. The number of carbonyl (C=O) groups is 2. The van der Waals surface area contributed by atoms with E-state index in [1.54, 1.807) is 7.11 Å². The van der Waals surface area contributed by atoms with Gasteiger partial charge in [0.1, 0.15) is 12.3 Å². The summed E-state index contributed by atoms with van der Waals surface area (Å²) in [4.78, 5) is 29.4. The molecule has 2 bridgehead atoms. The number of nitrogens with zero attached hydrogens (tertiary/aromatic N) is 3. The van der Waals surface area contributed by atoms with Gasteiger partial charge >= 0.3 is 0 Å². The number of para-hydroxylation sites is 2. The van der Waals surface area contributed by atoms with Crippen molar-refractivity contribution >= 4 is 55.4 Å². The van der Waals surface area contributed by atoms with E-state index in [-0.39, 0.29) is 17.9 Å². The molecule has 9 rings (SSSR count). The Labute approximate surface area is 253 Å². The summed E-state index contributed by atoms with van der Waals surface area (Å²) in [5, 5.41) is 7.24. The molecule has 6 aromatic rings. The van der Waals surface area contributed by atoms with Crippen LogP contribution in [0.3, 0.4) is 0 Å². The first-order chi connectivity index (χ1) is 21.3. The highest BCUT2D eigenvalue weighted by Crippen LogP contribution is 2.54. The molecule has 5 heterocycles. The molecule has 0 aliphatic carbocycles. The third kappa shape index (κ3) is 3.04. The normalized spacial score (nSPS) is 23.9. The molecule has 1 saturated heterocycles. The minimum absolute atomic E-state index is 0.0444. The number of hydrogen-bond acceptors (Lipinski definition) is 4. The minimum atomic E-state index is -0.983. The van der Waals surface area contributed by atoms with E-state index in [1.165, 1.54) is 0 Å². The third-order valence-electron chi connectivity index (χ3n) is 10.3. The quantitative estimate of drug-likeness (QED) is 0.268. The molecular weight excluding hydrogens is 552 g/mol. The average molecular weight is 585 g/mol.